The summed E-state index contributed by atoms with van der Waals surface area (Å²) in [5, 5.41) is 9.98. The molecular weight excluding hydrogens is 358 g/mol. The number of aromatic nitrogens is 4. The molecule has 0 saturated heterocycles. The van der Waals surface area contributed by atoms with Gasteiger partial charge in [-0.1, -0.05) is 54.2 Å². The highest BCUT2D eigenvalue weighted by atomic mass is 32.2. The van der Waals surface area contributed by atoms with Gasteiger partial charge < -0.3 is 5.32 Å². The smallest absolute Gasteiger partial charge is 0.253 e. The number of thioether (sulfide) groups is 1. The van der Waals surface area contributed by atoms with E-state index in [2.05, 4.69) is 44.6 Å². The molecule has 0 aliphatic rings. The first-order chi connectivity index (χ1) is 13.1. The van der Waals surface area contributed by atoms with Crippen molar-refractivity contribution in [3.63, 3.8) is 0 Å². The van der Waals surface area contributed by atoms with E-state index in [-0.39, 0.29) is 17.2 Å². The molecule has 2 heterocycles. The van der Waals surface area contributed by atoms with Gasteiger partial charge in [-0.05, 0) is 36.2 Å². The number of amides is 1. The van der Waals surface area contributed by atoms with Gasteiger partial charge in [0.25, 0.3) is 5.78 Å². The highest BCUT2D eigenvalue weighted by Crippen LogP contribution is 2.25. The molecule has 7 heteroatoms. The maximum absolute atomic E-state index is 12.7. The topological polar surface area (TPSA) is 72.2 Å². The zero-order valence-corrected chi connectivity index (χ0v) is 15.9. The second-order valence-electron chi connectivity index (χ2n) is 6.32. The lowest BCUT2D eigenvalue weighted by Crippen LogP contribution is -2.33. The van der Waals surface area contributed by atoms with Crippen molar-refractivity contribution in [1.29, 1.82) is 0 Å². The molecule has 0 radical (unpaired) electrons. The molecule has 2 aromatic carbocycles. The molecule has 0 bridgehead atoms. The van der Waals surface area contributed by atoms with Crippen molar-refractivity contribution in [3.05, 3.63) is 66.5 Å². The zero-order chi connectivity index (χ0) is 18.8. The highest BCUT2D eigenvalue weighted by Gasteiger charge is 2.20. The number of carbonyl (C=O) groups excluding carboxylic acids is 1. The number of hydrogen-bond donors (Lipinski definition) is 1. The Balaban J connectivity index is 1.47. The summed E-state index contributed by atoms with van der Waals surface area (Å²) in [7, 11) is 0. The highest BCUT2D eigenvalue weighted by molar-refractivity contribution is 8.00. The van der Waals surface area contributed by atoms with Crippen LogP contribution in [0.1, 0.15) is 25.5 Å². The number of fused-ring (bicyclic) bond motifs is 2. The number of hydrogen-bond acceptors (Lipinski definition) is 5. The van der Waals surface area contributed by atoms with Crippen LogP contribution in [0.25, 0.3) is 16.6 Å². The predicted octanol–water partition coefficient (Wildman–Crippen LogP) is 3.64. The Morgan fingerprint density at radius 2 is 1.93 bits per heavy atom. The van der Waals surface area contributed by atoms with Gasteiger partial charge >= 0.3 is 0 Å². The van der Waals surface area contributed by atoms with Crippen LogP contribution in [0.15, 0.2) is 66.1 Å². The molecule has 6 nitrogen and oxygen atoms in total. The molecule has 2 aromatic heterocycles. The number of nitrogens with one attached hydrogen (secondary N) is 1. The molecule has 4 rings (SSSR count). The summed E-state index contributed by atoms with van der Waals surface area (Å²) < 4.78 is 1.60. The molecule has 0 saturated carbocycles. The second kappa shape index (κ2) is 7.36. The van der Waals surface area contributed by atoms with Crippen molar-refractivity contribution < 1.29 is 4.79 Å². The lowest BCUT2D eigenvalue weighted by atomic mass is 9.99. The summed E-state index contributed by atoms with van der Waals surface area (Å²) >= 11 is 1.32. The molecule has 1 amide bonds. The molecule has 0 aliphatic heterocycles. The number of nitrogens with zero attached hydrogens (tertiary/aromatic N) is 4. The third kappa shape index (κ3) is 3.64. The van der Waals surface area contributed by atoms with Crippen molar-refractivity contribution >= 4 is 34.2 Å². The first-order valence-corrected chi connectivity index (χ1v) is 9.62. The quantitative estimate of drug-likeness (QED) is 0.538. The van der Waals surface area contributed by atoms with E-state index in [4.69, 9.17) is 0 Å². The van der Waals surface area contributed by atoms with Crippen LogP contribution < -0.4 is 5.32 Å². The Bertz CT molecular complexity index is 1070. The van der Waals surface area contributed by atoms with Crippen LogP contribution in [-0.2, 0) is 4.79 Å². The number of benzene rings is 2. The molecular formula is C20H19N5OS. The Labute approximate surface area is 161 Å². The summed E-state index contributed by atoms with van der Waals surface area (Å²) in [6.45, 7) is 3.86. The van der Waals surface area contributed by atoms with Gasteiger partial charge in [0, 0.05) is 12.4 Å². The predicted molar refractivity (Wildman–Crippen MR) is 107 cm³/mol. The minimum Gasteiger partial charge on any atom is -0.349 e. The summed E-state index contributed by atoms with van der Waals surface area (Å²) in [6, 6.07) is 16.0. The van der Waals surface area contributed by atoms with E-state index in [1.54, 1.807) is 23.0 Å². The maximum Gasteiger partial charge on any atom is 0.253 e. The molecule has 0 unspecified atom stereocenters. The first-order valence-electron chi connectivity index (χ1n) is 8.74. The molecule has 1 N–H and O–H groups in total. The maximum atomic E-state index is 12.7. The van der Waals surface area contributed by atoms with Crippen molar-refractivity contribution in [1.82, 2.24) is 24.9 Å². The van der Waals surface area contributed by atoms with Gasteiger partial charge in [-0.25, -0.2) is 9.50 Å². The zero-order valence-electron chi connectivity index (χ0n) is 15.0. The molecule has 0 spiro atoms. The Hall–Kier alpha value is -2.93. The lowest BCUT2D eigenvalue weighted by Gasteiger charge is -2.18. The average Bonchev–Trinajstić information content (AvgIpc) is 3.09. The summed E-state index contributed by atoms with van der Waals surface area (Å²) in [5.41, 5.74) is 1.11. The summed E-state index contributed by atoms with van der Waals surface area (Å²) in [4.78, 5) is 21.2. The van der Waals surface area contributed by atoms with Crippen molar-refractivity contribution in [2.75, 3.05) is 0 Å². The van der Waals surface area contributed by atoms with Crippen LogP contribution >= 0.6 is 11.8 Å². The SMILES string of the molecule is C[C@@H](Sc1nc2ncccn2n1)C(=O)N[C@H](C)c1cccc2ccccc12. The van der Waals surface area contributed by atoms with Gasteiger partial charge in [-0.2, -0.15) is 4.98 Å². The van der Waals surface area contributed by atoms with Gasteiger partial charge in [0.15, 0.2) is 0 Å². The normalized spacial score (nSPS) is 13.6. The molecule has 2 atom stereocenters. The first kappa shape index (κ1) is 17.5. The van der Waals surface area contributed by atoms with Gasteiger partial charge in [0.1, 0.15) is 0 Å². The Morgan fingerprint density at radius 1 is 1.11 bits per heavy atom. The van der Waals surface area contributed by atoms with Gasteiger partial charge in [0.2, 0.25) is 11.1 Å². The third-order valence-corrected chi connectivity index (χ3v) is 5.35. The van der Waals surface area contributed by atoms with Crippen LogP contribution in [-0.4, -0.2) is 30.7 Å². The van der Waals surface area contributed by atoms with E-state index in [9.17, 15) is 4.79 Å². The van der Waals surface area contributed by atoms with Crippen LogP contribution in [0.4, 0.5) is 0 Å². The van der Waals surface area contributed by atoms with E-state index < -0.39 is 0 Å². The monoisotopic (exact) mass is 377 g/mol. The van der Waals surface area contributed by atoms with E-state index in [1.165, 1.54) is 17.1 Å². The molecule has 4 aromatic rings. The van der Waals surface area contributed by atoms with Crippen LogP contribution in [0.5, 0.6) is 0 Å². The third-order valence-electron chi connectivity index (χ3n) is 4.40. The number of carbonyl (C=O) groups is 1. The van der Waals surface area contributed by atoms with E-state index in [1.807, 2.05) is 32.0 Å². The fourth-order valence-electron chi connectivity index (χ4n) is 3.01. The van der Waals surface area contributed by atoms with E-state index >= 15 is 0 Å². The summed E-state index contributed by atoms with van der Waals surface area (Å²) in [6.07, 6.45) is 3.45. The largest absolute Gasteiger partial charge is 0.349 e. The van der Waals surface area contributed by atoms with Crippen LogP contribution in [0.3, 0.4) is 0 Å². The second-order valence-corrected chi connectivity index (χ2v) is 7.63. The van der Waals surface area contributed by atoms with Crippen LogP contribution in [0, 0.1) is 0 Å². The van der Waals surface area contributed by atoms with Crippen molar-refractivity contribution in [2.45, 2.75) is 30.3 Å². The van der Waals surface area contributed by atoms with E-state index in [0.717, 1.165) is 10.9 Å². The fourth-order valence-corrected chi connectivity index (χ4v) is 3.77. The average molecular weight is 377 g/mol. The molecule has 136 valence electrons. The minimum absolute atomic E-state index is 0.0488. The molecule has 0 aliphatic carbocycles. The van der Waals surface area contributed by atoms with Crippen LogP contribution in [0.2, 0.25) is 0 Å². The van der Waals surface area contributed by atoms with Gasteiger partial charge in [0.05, 0.1) is 11.3 Å². The van der Waals surface area contributed by atoms with E-state index in [0.29, 0.717) is 10.9 Å². The minimum atomic E-state index is -0.320. The lowest BCUT2D eigenvalue weighted by molar-refractivity contribution is -0.120. The Kier molecular flexibility index (Phi) is 4.77. The fraction of sp³-hybridized carbons (Fsp3) is 0.200. The number of rotatable bonds is 5. The molecule has 0 fully saturated rings. The summed E-state index contributed by atoms with van der Waals surface area (Å²) in [5.74, 6) is 0.476. The Morgan fingerprint density at radius 3 is 2.78 bits per heavy atom. The van der Waals surface area contributed by atoms with Crippen molar-refractivity contribution in [2.24, 2.45) is 0 Å². The standard InChI is InChI=1S/C20H19N5OS/c1-13(16-10-5-8-15-7-3-4-9-17(15)16)22-18(26)14(2)27-20-23-19-21-11-6-12-25(19)24-20/h3-14H,1-2H3,(H,22,26)/t13-,14-/m1/s1. The van der Waals surface area contributed by atoms with Crippen molar-refractivity contribution in [3.8, 4) is 0 Å². The van der Waals surface area contributed by atoms with Gasteiger partial charge in [-0.15, -0.1) is 5.10 Å². The van der Waals surface area contributed by atoms with Gasteiger partial charge in [-0.3, -0.25) is 4.79 Å². The molecule has 27 heavy (non-hydrogen) atoms.